The molecule has 0 aromatic heterocycles. The lowest BCUT2D eigenvalue weighted by Gasteiger charge is -2.08. The monoisotopic (exact) mass is 395 g/mol. The molecule has 0 radical (unpaired) electrons. The van der Waals surface area contributed by atoms with Gasteiger partial charge in [-0.25, -0.2) is 4.79 Å². The molecule has 29 heavy (non-hydrogen) atoms. The summed E-state index contributed by atoms with van der Waals surface area (Å²) < 4.78 is 5.35. The molecule has 0 spiro atoms. The molecule has 0 fully saturated rings. The number of aryl methyl sites for hydroxylation is 1. The van der Waals surface area contributed by atoms with E-state index < -0.39 is 0 Å². The summed E-state index contributed by atoms with van der Waals surface area (Å²) in [6, 6.07) is 14.2. The number of amides is 1. The maximum atomic E-state index is 12.3. The van der Waals surface area contributed by atoms with Crippen molar-refractivity contribution in [2.24, 2.45) is 0 Å². The Kier molecular flexibility index (Phi) is 9.98. The fourth-order valence-electron chi connectivity index (χ4n) is 3.16. The van der Waals surface area contributed by atoms with Crippen molar-refractivity contribution in [3.05, 3.63) is 65.2 Å². The second kappa shape index (κ2) is 12.8. The molecule has 1 amide bonds. The summed E-state index contributed by atoms with van der Waals surface area (Å²) in [7, 11) is 0. The van der Waals surface area contributed by atoms with Gasteiger partial charge in [-0.15, -0.1) is 0 Å². The van der Waals surface area contributed by atoms with Crippen LogP contribution >= 0.6 is 0 Å². The molecule has 0 aliphatic carbocycles. The average Bonchev–Trinajstić information content (AvgIpc) is 2.73. The molecule has 2 aromatic carbocycles. The first-order chi connectivity index (χ1) is 14.1. The molecule has 0 saturated carbocycles. The van der Waals surface area contributed by atoms with Gasteiger partial charge in [-0.2, -0.15) is 0 Å². The van der Waals surface area contributed by atoms with Crippen LogP contribution in [-0.4, -0.2) is 18.5 Å². The molecule has 2 rings (SSSR count). The third-order valence-corrected chi connectivity index (χ3v) is 4.89. The van der Waals surface area contributed by atoms with Crippen LogP contribution in [0.3, 0.4) is 0 Å². The lowest BCUT2D eigenvalue weighted by Crippen LogP contribution is -2.12. The summed E-state index contributed by atoms with van der Waals surface area (Å²) in [5.41, 5.74) is 2.79. The topological polar surface area (TPSA) is 55.4 Å². The molecule has 156 valence electrons. The highest BCUT2D eigenvalue weighted by Crippen LogP contribution is 2.14. The molecule has 4 nitrogen and oxygen atoms in total. The van der Waals surface area contributed by atoms with Gasteiger partial charge in [0.1, 0.15) is 0 Å². The van der Waals surface area contributed by atoms with Gasteiger partial charge in [0.05, 0.1) is 12.2 Å². The van der Waals surface area contributed by atoms with Crippen LogP contribution in [0, 0.1) is 6.92 Å². The van der Waals surface area contributed by atoms with E-state index in [2.05, 4.69) is 12.2 Å². The number of hydrogen-bond acceptors (Lipinski definition) is 3. The molecule has 2 aromatic rings. The molecule has 0 atom stereocenters. The zero-order valence-corrected chi connectivity index (χ0v) is 17.7. The van der Waals surface area contributed by atoms with Gasteiger partial charge in [0.25, 0.3) is 5.91 Å². The number of unbranched alkanes of at least 4 members (excludes halogenated alkanes) is 7. The highest BCUT2D eigenvalue weighted by atomic mass is 16.5. The summed E-state index contributed by atoms with van der Waals surface area (Å²) in [4.78, 5) is 24.4. The van der Waals surface area contributed by atoms with E-state index in [1.54, 1.807) is 30.3 Å². The van der Waals surface area contributed by atoms with Crippen LogP contribution in [-0.2, 0) is 4.74 Å². The molecule has 0 heterocycles. The van der Waals surface area contributed by atoms with Crippen molar-refractivity contribution in [1.29, 1.82) is 0 Å². The fraction of sp³-hybridized carbons (Fsp3) is 0.440. The first-order valence-electron chi connectivity index (χ1n) is 10.8. The molecule has 0 bridgehead atoms. The number of benzene rings is 2. The van der Waals surface area contributed by atoms with E-state index in [-0.39, 0.29) is 11.9 Å². The maximum Gasteiger partial charge on any atom is 0.338 e. The summed E-state index contributed by atoms with van der Waals surface area (Å²) in [6.45, 7) is 4.63. The number of nitrogens with one attached hydrogen (secondary N) is 1. The minimum Gasteiger partial charge on any atom is -0.462 e. The normalized spacial score (nSPS) is 10.6. The zero-order chi connectivity index (χ0) is 20.9. The quantitative estimate of drug-likeness (QED) is 0.328. The number of anilines is 1. The van der Waals surface area contributed by atoms with Crippen LogP contribution in [0.25, 0.3) is 0 Å². The van der Waals surface area contributed by atoms with Crippen molar-refractivity contribution in [1.82, 2.24) is 0 Å². The lowest BCUT2D eigenvalue weighted by molar-refractivity contribution is 0.0497. The van der Waals surface area contributed by atoms with Crippen molar-refractivity contribution in [3.63, 3.8) is 0 Å². The van der Waals surface area contributed by atoms with E-state index in [9.17, 15) is 9.59 Å². The molecule has 0 unspecified atom stereocenters. The van der Waals surface area contributed by atoms with E-state index in [0.29, 0.717) is 23.4 Å². The summed E-state index contributed by atoms with van der Waals surface area (Å²) in [5, 5.41) is 2.84. The molecule has 1 N–H and O–H groups in total. The van der Waals surface area contributed by atoms with Crippen molar-refractivity contribution in [2.75, 3.05) is 11.9 Å². The van der Waals surface area contributed by atoms with Gasteiger partial charge in [0.2, 0.25) is 0 Å². The van der Waals surface area contributed by atoms with Crippen molar-refractivity contribution < 1.29 is 14.3 Å². The number of carbonyl (C=O) groups excluding carboxylic acids is 2. The van der Waals surface area contributed by atoms with Crippen molar-refractivity contribution >= 4 is 17.6 Å². The highest BCUT2D eigenvalue weighted by Gasteiger charge is 2.09. The van der Waals surface area contributed by atoms with Crippen LogP contribution in [0.2, 0.25) is 0 Å². The second-order valence-corrected chi connectivity index (χ2v) is 7.51. The van der Waals surface area contributed by atoms with E-state index in [1.807, 2.05) is 25.1 Å². The van der Waals surface area contributed by atoms with E-state index >= 15 is 0 Å². The summed E-state index contributed by atoms with van der Waals surface area (Å²) in [5.74, 6) is -0.483. The maximum absolute atomic E-state index is 12.3. The predicted octanol–water partition coefficient (Wildman–Crippen LogP) is 6.54. The first-order valence-corrected chi connectivity index (χ1v) is 10.8. The number of carbonyl (C=O) groups is 2. The second-order valence-electron chi connectivity index (χ2n) is 7.51. The minimum absolute atomic E-state index is 0.168. The minimum atomic E-state index is -0.315. The zero-order valence-electron chi connectivity index (χ0n) is 17.7. The molecule has 0 aliphatic rings. The molecule has 0 aliphatic heterocycles. The molecule has 0 saturated heterocycles. The number of esters is 1. The first kappa shape index (κ1) is 22.7. The Morgan fingerprint density at radius 1 is 0.828 bits per heavy atom. The standard InChI is InChI=1S/C25H33NO3/c1-3-4-5-6-7-8-9-10-18-29-25(28)21-14-16-23(17-15-21)26-24(27)22-13-11-12-20(2)19-22/h11-17,19H,3-10,18H2,1-2H3,(H,26,27). The number of ether oxygens (including phenoxy) is 1. The van der Waals surface area contributed by atoms with Crippen LogP contribution < -0.4 is 5.32 Å². The van der Waals surface area contributed by atoms with Crippen LogP contribution in [0.1, 0.15) is 84.6 Å². The summed E-state index contributed by atoms with van der Waals surface area (Å²) >= 11 is 0. The van der Waals surface area contributed by atoms with Gasteiger partial charge in [-0.1, -0.05) is 69.6 Å². The average molecular weight is 396 g/mol. The predicted molar refractivity (Wildman–Crippen MR) is 118 cm³/mol. The van der Waals surface area contributed by atoms with Gasteiger partial charge in [0.15, 0.2) is 0 Å². The highest BCUT2D eigenvalue weighted by molar-refractivity contribution is 6.04. The van der Waals surface area contributed by atoms with Gasteiger partial charge in [0, 0.05) is 11.3 Å². The fourth-order valence-corrected chi connectivity index (χ4v) is 3.16. The van der Waals surface area contributed by atoms with E-state index in [1.165, 1.54) is 38.5 Å². The van der Waals surface area contributed by atoms with Crippen LogP contribution in [0.15, 0.2) is 48.5 Å². The van der Waals surface area contributed by atoms with E-state index in [4.69, 9.17) is 4.74 Å². The van der Waals surface area contributed by atoms with E-state index in [0.717, 1.165) is 18.4 Å². The Bertz CT molecular complexity index is 768. The van der Waals surface area contributed by atoms with Crippen LogP contribution in [0.5, 0.6) is 0 Å². The summed E-state index contributed by atoms with van der Waals surface area (Å²) in [6.07, 6.45) is 9.71. The van der Waals surface area contributed by atoms with Gasteiger partial charge >= 0.3 is 5.97 Å². The Morgan fingerprint density at radius 3 is 2.14 bits per heavy atom. The Morgan fingerprint density at radius 2 is 1.48 bits per heavy atom. The largest absolute Gasteiger partial charge is 0.462 e. The Labute approximate surface area is 174 Å². The third-order valence-electron chi connectivity index (χ3n) is 4.89. The lowest BCUT2D eigenvalue weighted by atomic mass is 10.1. The SMILES string of the molecule is CCCCCCCCCCOC(=O)c1ccc(NC(=O)c2cccc(C)c2)cc1. The Balaban J connectivity index is 1.68. The Hall–Kier alpha value is -2.62. The van der Waals surface area contributed by atoms with Crippen molar-refractivity contribution in [3.8, 4) is 0 Å². The van der Waals surface area contributed by atoms with Crippen LogP contribution in [0.4, 0.5) is 5.69 Å². The smallest absolute Gasteiger partial charge is 0.338 e. The molecular weight excluding hydrogens is 362 g/mol. The van der Waals surface area contributed by atoms with Gasteiger partial charge in [-0.3, -0.25) is 4.79 Å². The van der Waals surface area contributed by atoms with Crippen molar-refractivity contribution in [2.45, 2.75) is 65.2 Å². The number of hydrogen-bond donors (Lipinski definition) is 1. The molecule has 4 heteroatoms. The van der Waals surface area contributed by atoms with Gasteiger partial charge < -0.3 is 10.1 Å². The third kappa shape index (κ3) is 8.51. The molecular formula is C25H33NO3. The number of rotatable bonds is 12. The van der Waals surface area contributed by atoms with Gasteiger partial charge in [-0.05, 0) is 49.7 Å².